The Morgan fingerprint density at radius 1 is 1.19 bits per heavy atom. The average molecular weight is 356 g/mol. The molecule has 3 rings (SSSR count). The highest BCUT2D eigenvalue weighted by Gasteiger charge is 2.34. The molecule has 0 radical (unpaired) electrons. The molecule has 1 amide bonds. The summed E-state index contributed by atoms with van der Waals surface area (Å²) in [7, 11) is 0. The molecule has 0 aliphatic heterocycles. The summed E-state index contributed by atoms with van der Waals surface area (Å²) in [5.41, 5.74) is 1.36. The summed E-state index contributed by atoms with van der Waals surface area (Å²) in [6.07, 6.45) is 4.56. The van der Waals surface area contributed by atoms with Crippen LogP contribution < -0.4 is 5.32 Å². The van der Waals surface area contributed by atoms with E-state index < -0.39 is 18.1 Å². The number of ether oxygens (including phenoxy) is 1. The molecule has 0 bridgehead atoms. The summed E-state index contributed by atoms with van der Waals surface area (Å²) >= 11 is 0. The number of nitrogens with one attached hydrogen (secondary N) is 2. The van der Waals surface area contributed by atoms with Crippen molar-refractivity contribution in [3.63, 3.8) is 0 Å². The molecule has 6 nitrogen and oxygen atoms in total. The summed E-state index contributed by atoms with van der Waals surface area (Å²) in [6.45, 7) is 2.96. The zero-order chi connectivity index (χ0) is 18.7. The van der Waals surface area contributed by atoms with E-state index >= 15 is 0 Å². The summed E-state index contributed by atoms with van der Waals surface area (Å²) in [6, 6.07) is 6.79. The van der Waals surface area contributed by atoms with Crippen molar-refractivity contribution in [2.24, 2.45) is 5.92 Å². The minimum absolute atomic E-state index is 0.0711. The van der Waals surface area contributed by atoms with Crippen LogP contribution in [0.1, 0.15) is 49.9 Å². The zero-order valence-electron chi connectivity index (χ0n) is 15.1. The number of fused-ring (bicyclic) bond motifs is 1. The Morgan fingerprint density at radius 3 is 2.58 bits per heavy atom. The Bertz CT molecular complexity index is 820. The zero-order valence-corrected chi connectivity index (χ0v) is 15.1. The molecule has 2 aromatic rings. The predicted octanol–water partition coefficient (Wildman–Crippen LogP) is 2.98. The van der Waals surface area contributed by atoms with Crippen molar-refractivity contribution in [1.82, 2.24) is 10.3 Å². The third kappa shape index (κ3) is 3.79. The molecular formula is C20H24N2O4. The molecule has 2 N–H and O–H groups in total. The second-order valence-corrected chi connectivity index (χ2v) is 6.91. The van der Waals surface area contributed by atoms with E-state index in [-0.39, 0.29) is 17.6 Å². The van der Waals surface area contributed by atoms with E-state index in [1.54, 1.807) is 13.1 Å². The molecule has 6 heteroatoms. The first-order valence-electron chi connectivity index (χ1n) is 9.05. The van der Waals surface area contributed by atoms with Crippen LogP contribution in [-0.2, 0) is 14.3 Å². The number of carbonyl (C=O) groups is 3. The molecule has 1 saturated carbocycles. The number of para-hydroxylation sites is 1. The third-order valence-corrected chi connectivity index (χ3v) is 5.00. The van der Waals surface area contributed by atoms with Crippen molar-refractivity contribution >= 4 is 28.6 Å². The molecule has 1 aliphatic rings. The number of benzene rings is 1. The third-order valence-electron chi connectivity index (χ3n) is 5.00. The average Bonchev–Trinajstić information content (AvgIpc) is 3.28. The number of Topliss-reactive ketones (excluding diaryl/α,β-unsaturated/α-hetero) is 1. The lowest BCUT2D eigenvalue weighted by atomic mass is 9.98. The van der Waals surface area contributed by atoms with Crippen LogP contribution in [0.15, 0.2) is 30.5 Å². The maximum absolute atomic E-state index is 12.7. The van der Waals surface area contributed by atoms with Gasteiger partial charge >= 0.3 is 5.97 Å². The van der Waals surface area contributed by atoms with Gasteiger partial charge in [0.25, 0.3) is 0 Å². The molecule has 1 heterocycles. The van der Waals surface area contributed by atoms with Crippen molar-refractivity contribution in [2.75, 3.05) is 0 Å². The maximum atomic E-state index is 12.7. The number of H-pyrrole nitrogens is 1. The van der Waals surface area contributed by atoms with Gasteiger partial charge in [0.2, 0.25) is 11.7 Å². The molecular weight excluding hydrogens is 332 g/mol. The van der Waals surface area contributed by atoms with E-state index in [4.69, 9.17) is 4.74 Å². The van der Waals surface area contributed by atoms with E-state index in [9.17, 15) is 14.4 Å². The normalized spacial score (nSPS) is 17.0. The van der Waals surface area contributed by atoms with Crippen LogP contribution >= 0.6 is 0 Å². The topological polar surface area (TPSA) is 88.3 Å². The highest BCUT2D eigenvalue weighted by atomic mass is 16.5. The molecule has 1 aromatic carbocycles. The largest absolute Gasteiger partial charge is 0.453 e. The van der Waals surface area contributed by atoms with Gasteiger partial charge in [0.15, 0.2) is 6.10 Å². The summed E-state index contributed by atoms with van der Waals surface area (Å²) < 4.78 is 5.44. The quantitative estimate of drug-likeness (QED) is 0.615. The standard InChI is InChI=1S/C20H24N2O4/c1-12(19(24)16-11-21-17-10-6-5-9-15(16)17)26-20(25)18(22-13(2)23)14-7-3-4-8-14/h5-6,9-12,14,18,21H,3-4,7-8H2,1-2H3,(H,22,23). The van der Waals surface area contributed by atoms with E-state index in [0.717, 1.165) is 36.6 Å². The highest BCUT2D eigenvalue weighted by Crippen LogP contribution is 2.29. The van der Waals surface area contributed by atoms with Crippen molar-refractivity contribution in [1.29, 1.82) is 0 Å². The number of aromatic nitrogens is 1. The second kappa shape index (κ2) is 7.72. The molecule has 0 spiro atoms. The van der Waals surface area contributed by atoms with Crippen molar-refractivity contribution in [3.05, 3.63) is 36.0 Å². The summed E-state index contributed by atoms with van der Waals surface area (Å²) in [5.74, 6) is -0.993. The van der Waals surface area contributed by atoms with Gasteiger partial charge < -0.3 is 15.0 Å². The Morgan fingerprint density at radius 2 is 1.88 bits per heavy atom. The number of amides is 1. The molecule has 1 aromatic heterocycles. The number of rotatable bonds is 6. The van der Waals surface area contributed by atoms with Gasteiger partial charge in [0.05, 0.1) is 0 Å². The first kappa shape index (κ1) is 18.2. The van der Waals surface area contributed by atoms with Gasteiger partial charge in [-0.15, -0.1) is 0 Å². The lowest BCUT2D eigenvalue weighted by Crippen LogP contribution is -2.46. The fourth-order valence-corrected chi connectivity index (χ4v) is 3.67. The van der Waals surface area contributed by atoms with Gasteiger partial charge in [0.1, 0.15) is 6.04 Å². The lowest BCUT2D eigenvalue weighted by Gasteiger charge is -2.24. The van der Waals surface area contributed by atoms with Gasteiger partial charge in [0, 0.05) is 29.6 Å². The fraction of sp³-hybridized carbons (Fsp3) is 0.450. The number of hydrogen-bond donors (Lipinski definition) is 2. The Kier molecular flexibility index (Phi) is 5.40. The van der Waals surface area contributed by atoms with Crippen LogP contribution in [0, 0.1) is 5.92 Å². The minimum atomic E-state index is -0.917. The Labute approximate surface area is 152 Å². The monoisotopic (exact) mass is 356 g/mol. The second-order valence-electron chi connectivity index (χ2n) is 6.91. The number of carbonyl (C=O) groups excluding carboxylic acids is 3. The Balaban J connectivity index is 1.72. The maximum Gasteiger partial charge on any atom is 0.329 e. The van der Waals surface area contributed by atoms with E-state index in [1.165, 1.54) is 6.92 Å². The van der Waals surface area contributed by atoms with E-state index in [0.29, 0.717) is 5.56 Å². The fourth-order valence-electron chi connectivity index (χ4n) is 3.67. The number of esters is 1. The SMILES string of the molecule is CC(=O)NC(C(=O)OC(C)C(=O)c1c[nH]c2ccccc12)C1CCCC1. The first-order valence-corrected chi connectivity index (χ1v) is 9.05. The van der Waals surface area contributed by atoms with Crippen LogP contribution in [0.2, 0.25) is 0 Å². The van der Waals surface area contributed by atoms with Crippen molar-refractivity contribution < 1.29 is 19.1 Å². The van der Waals surface area contributed by atoms with Gasteiger partial charge in [-0.2, -0.15) is 0 Å². The van der Waals surface area contributed by atoms with E-state index in [2.05, 4.69) is 10.3 Å². The van der Waals surface area contributed by atoms with Crippen LogP contribution in [0.5, 0.6) is 0 Å². The summed E-state index contributed by atoms with van der Waals surface area (Å²) in [5, 5.41) is 3.50. The predicted molar refractivity (Wildman–Crippen MR) is 97.7 cm³/mol. The van der Waals surface area contributed by atoms with Gasteiger partial charge in [-0.1, -0.05) is 31.0 Å². The molecule has 1 fully saturated rings. The van der Waals surface area contributed by atoms with Crippen LogP contribution in [-0.4, -0.2) is 34.8 Å². The Hall–Kier alpha value is -2.63. The molecule has 2 atom stereocenters. The smallest absolute Gasteiger partial charge is 0.329 e. The summed E-state index contributed by atoms with van der Waals surface area (Å²) in [4.78, 5) is 39.9. The van der Waals surface area contributed by atoms with Gasteiger partial charge in [-0.05, 0) is 31.7 Å². The number of aromatic amines is 1. The van der Waals surface area contributed by atoms with Crippen LogP contribution in [0.4, 0.5) is 0 Å². The first-order chi connectivity index (χ1) is 12.5. The molecule has 0 saturated heterocycles. The number of ketones is 1. The molecule has 138 valence electrons. The van der Waals surface area contributed by atoms with Gasteiger partial charge in [-0.25, -0.2) is 4.79 Å². The van der Waals surface area contributed by atoms with Crippen LogP contribution in [0.25, 0.3) is 10.9 Å². The molecule has 26 heavy (non-hydrogen) atoms. The van der Waals surface area contributed by atoms with Crippen LogP contribution in [0.3, 0.4) is 0 Å². The van der Waals surface area contributed by atoms with Crippen molar-refractivity contribution in [2.45, 2.75) is 51.7 Å². The molecule has 2 unspecified atom stereocenters. The molecule has 1 aliphatic carbocycles. The lowest BCUT2D eigenvalue weighted by molar-refractivity contribution is -0.151. The number of hydrogen-bond acceptors (Lipinski definition) is 4. The minimum Gasteiger partial charge on any atom is -0.453 e. The van der Waals surface area contributed by atoms with Gasteiger partial charge in [-0.3, -0.25) is 9.59 Å². The van der Waals surface area contributed by atoms with Crippen molar-refractivity contribution in [3.8, 4) is 0 Å². The van der Waals surface area contributed by atoms with E-state index in [1.807, 2.05) is 24.3 Å². The highest BCUT2D eigenvalue weighted by molar-refractivity contribution is 6.10.